The zero-order valence-corrected chi connectivity index (χ0v) is 19.2. The highest BCUT2D eigenvalue weighted by molar-refractivity contribution is 6.32. The predicted molar refractivity (Wildman–Crippen MR) is 122 cm³/mol. The molecule has 0 spiro atoms. The van der Waals surface area contributed by atoms with Crippen LogP contribution >= 0.6 is 11.6 Å². The molecule has 3 fully saturated rings. The van der Waals surface area contributed by atoms with Crippen LogP contribution in [0, 0.1) is 11.8 Å². The standard InChI is InChI=1S/C24H28ClF2N3O3/c1-24(12-33-11-20(24)31)30-4-2-13(3-5-30)16-6-14-8-21(28-10-15(14)7-19(16)25)29-23(32)18-9-17(18)22(26)27/h6-8,10,13,17-18,20,22,31H,2-5,9,11-12H2,1H3,(H,28,29,32)/t17-,18-,20+,24-/m1/s1. The van der Waals surface area contributed by atoms with Gasteiger partial charge in [0.2, 0.25) is 12.3 Å². The number of aliphatic hydroxyl groups is 1. The number of halogens is 3. The number of hydrogen-bond donors (Lipinski definition) is 2. The van der Waals surface area contributed by atoms with Crippen molar-refractivity contribution in [2.75, 3.05) is 31.6 Å². The summed E-state index contributed by atoms with van der Waals surface area (Å²) < 4.78 is 31.0. The van der Waals surface area contributed by atoms with Crippen molar-refractivity contribution >= 4 is 34.1 Å². The number of benzene rings is 1. The molecule has 0 bridgehead atoms. The number of aromatic nitrogens is 1. The number of pyridine rings is 1. The lowest BCUT2D eigenvalue weighted by Crippen LogP contribution is -2.56. The molecule has 3 aliphatic rings. The first-order valence-electron chi connectivity index (χ1n) is 11.5. The minimum absolute atomic E-state index is 0.220. The summed E-state index contributed by atoms with van der Waals surface area (Å²) in [5.74, 6) is -1.25. The number of amides is 1. The van der Waals surface area contributed by atoms with Crippen molar-refractivity contribution in [2.45, 2.75) is 50.2 Å². The Morgan fingerprint density at radius 3 is 2.70 bits per heavy atom. The van der Waals surface area contributed by atoms with Crippen molar-refractivity contribution < 1.29 is 23.4 Å². The maximum absolute atomic E-state index is 12.8. The molecule has 1 aliphatic carbocycles. The number of rotatable bonds is 5. The van der Waals surface area contributed by atoms with Crippen LogP contribution in [0.25, 0.3) is 10.8 Å². The second-order valence-corrected chi connectivity index (χ2v) is 10.2. The van der Waals surface area contributed by atoms with Crippen LogP contribution in [0.3, 0.4) is 0 Å². The Morgan fingerprint density at radius 1 is 1.30 bits per heavy atom. The highest BCUT2D eigenvalue weighted by Gasteiger charge is 2.49. The van der Waals surface area contributed by atoms with Crippen LogP contribution < -0.4 is 5.32 Å². The number of piperidine rings is 1. The Balaban J connectivity index is 1.30. The average Bonchev–Trinajstić information content (AvgIpc) is 3.54. The van der Waals surface area contributed by atoms with E-state index in [9.17, 15) is 18.7 Å². The highest BCUT2D eigenvalue weighted by atomic mass is 35.5. The number of carbonyl (C=O) groups excluding carboxylic acids is 1. The molecule has 2 aliphatic heterocycles. The molecule has 1 saturated carbocycles. The van der Waals surface area contributed by atoms with Crippen LogP contribution in [-0.2, 0) is 9.53 Å². The smallest absolute Gasteiger partial charge is 0.242 e. The Labute approximate surface area is 196 Å². The molecule has 1 aromatic heterocycles. The monoisotopic (exact) mass is 479 g/mol. The Hall–Kier alpha value is -1.87. The summed E-state index contributed by atoms with van der Waals surface area (Å²) in [6.07, 6.45) is 0.748. The largest absolute Gasteiger partial charge is 0.389 e. The third kappa shape index (κ3) is 4.34. The number of hydrogen-bond acceptors (Lipinski definition) is 5. The quantitative estimate of drug-likeness (QED) is 0.676. The lowest BCUT2D eigenvalue weighted by Gasteiger charge is -2.43. The molecule has 33 heavy (non-hydrogen) atoms. The first-order valence-corrected chi connectivity index (χ1v) is 11.8. The van der Waals surface area contributed by atoms with Gasteiger partial charge in [-0.05, 0) is 74.3 Å². The number of anilines is 1. The molecule has 1 aromatic carbocycles. The summed E-state index contributed by atoms with van der Waals surface area (Å²) in [5, 5.41) is 15.5. The minimum Gasteiger partial charge on any atom is -0.389 e. The van der Waals surface area contributed by atoms with E-state index in [-0.39, 0.29) is 17.9 Å². The maximum Gasteiger partial charge on any atom is 0.242 e. The summed E-state index contributed by atoms with van der Waals surface area (Å²) in [7, 11) is 0. The summed E-state index contributed by atoms with van der Waals surface area (Å²) in [4.78, 5) is 18.8. The van der Waals surface area contributed by atoms with E-state index >= 15 is 0 Å². The molecule has 2 aromatic rings. The molecular weight excluding hydrogens is 452 g/mol. The zero-order chi connectivity index (χ0) is 23.3. The summed E-state index contributed by atoms with van der Waals surface area (Å²) in [5.41, 5.74) is 0.711. The van der Waals surface area contributed by atoms with Crippen molar-refractivity contribution in [3.63, 3.8) is 0 Å². The molecule has 2 N–H and O–H groups in total. The maximum atomic E-state index is 12.8. The van der Waals surface area contributed by atoms with Gasteiger partial charge in [-0.1, -0.05) is 11.6 Å². The zero-order valence-electron chi connectivity index (χ0n) is 18.4. The van der Waals surface area contributed by atoms with Gasteiger partial charge in [0.05, 0.1) is 24.9 Å². The van der Waals surface area contributed by atoms with E-state index in [1.165, 1.54) is 0 Å². The number of nitrogens with one attached hydrogen (secondary N) is 1. The van der Waals surface area contributed by atoms with Crippen molar-refractivity contribution in [1.29, 1.82) is 0 Å². The molecule has 5 rings (SSSR count). The molecule has 0 unspecified atom stereocenters. The Kier molecular flexibility index (Phi) is 6.05. The molecule has 2 saturated heterocycles. The fourth-order valence-electron chi connectivity index (χ4n) is 5.23. The second kappa shape index (κ2) is 8.73. The number of ether oxygens (including phenoxy) is 1. The number of nitrogens with zero attached hydrogens (tertiary/aromatic N) is 2. The minimum atomic E-state index is -2.46. The van der Waals surface area contributed by atoms with E-state index in [1.807, 2.05) is 12.1 Å². The molecule has 6 nitrogen and oxygen atoms in total. The number of alkyl halides is 2. The highest BCUT2D eigenvalue weighted by Crippen LogP contribution is 2.44. The topological polar surface area (TPSA) is 74.7 Å². The molecule has 1 amide bonds. The van der Waals surface area contributed by atoms with E-state index in [4.69, 9.17) is 16.3 Å². The van der Waals surface area contributed by atoms with Gasteiger partial charge in [0.1, 0.15) is 5.82 Å². The van der Waals surface area contributed by atoms with E-state index in [0.717, 1.165) is 42.3 Å². The Bertz CT molecular complexity index is 1060. The van der Waals surface area contributed by atoms with E-state index < -0.39 is 30.3 Å². The Morgan fingerprint density at radius 2 is 2.06 bits per heavy atom. The van der Waals surface area contributed by atoms with Crippen molar-refractivity contribution in [2.24, 2.45) is 11.8 Å². The average molecular weight is 480 g/mol. The molecule has 9 heteroatoms. The van der Waals surface area contributed by atoms with Gasteiger partial charge in [0.25, 0.3) is 0 Å². The third-order valence-corrected chi connectivity index (χ3v) is 7.96. The fourth-order valence-corrected chi connectivity index (χ4v) is 5.56. The second-order valence-electron chi connectivity index (χ2n) is 9.77. The first kappa shape index (κ1) is 22.9. The van der Waals surface area contributed by atoms with Gasteiger partial charge < -0.3 is 15.2 Å². The van der Waals surface area contributed by atoms with Gasteiger partial charge in [-0.15, -0.1) is 0 Å². The van der Waals surface area contributed by atoms with E-state index in [0.29, 0.717) is 24.1 Å². The SMILES string of the molecule is C[C@@]1(N2CCC(c3cc4cc(NC(=O)[C@@H]5C[C@H]5C(F)F)ncc4cc3Cl)CC2)COC[C@@H]1O. The predicted octanol–water partition coefficient (Wildman–Crippen LogP) is 4.06. The molecule has 178 valence electrons. The normalized spacial score (nSPS) is 30.8. The lowest BCUT2D eigenvalue weighted by molar-refractivity contribution is -0.118. The number of fused-ring (bicyclic) bond motifs is 1. The van der Waals surface area contributed by atoms with Gasteiger partial charge in [0, 0.05) is 28.4 Å². The fraction of sp³-hybridized carbons (Fsp3) is 0.583. The number of aliphatic hydroxyl groups excluding tert-OH is 1. The number of carbonyl (C=O) groups is 1. The van der Waals surface area contributed by atoms with Crippen LogP contribution in [-0.4, -0.2) is 65.3 Å². The van der Waals surface area contributed by atoms with E-state index in [1.54, 1.807) is 12.3 Å². The molecule has 4 atom stereocenters. The lowest BCUT2D eigenvalue weighted by atomic mass is 9.85. The third-order valence-electron chi connectivity index (χ3n) is 7.63. The van der Waals surface area contributed by atoms with Crippen LogP contribution in [0.15, 0.2) is 24.4 Å². The van der Waals surface area contributed by atoms with Crippen LogP contribution in [0.1, 0.15) is 37.7 Å². The van der Waals surface area contributed by atoms with Crippen LogP contribution in [0.5, 0.6) is 0 Å². The summed E-state index contributed by atoms with van der Waals surface area (Å²) in [6.45, 7) is 4.67. The van der Waals surface area contributed by atoms with Crippen LogP contribution in [0.4, 0.5) is 14.6 Å². The van der Waals surface area contributed by atoms with Crippen molar-refractivity contribution in [3.05, 3.63) is 35.0 Å². The first-order chi connectivity index (χ1) is 15.8. The van der Waals surface area contributed by atoms with Gasteiger partial charge in [0.15, 0.2) is 0 Å². The summed E-state index contributed by atoms with van der Waals surface area (Å²) in [6, 6.07) is 5.71. The molecular formula is C24H28ClF2N3O3. The molecule has 3 heterocycles. The summed E-state index contributed by atoms with van der Waals surface area (Å²) >= 11 is 6.63. The molecule has 0 radical (unpaired) electrons. The van der Waals surface area contributed by atoms with Gasteiger partial charge >= 0.3 is 0 Å². The van der Waals surface area contributed by atoms with Gasteiger partial charge in [-0.25, -0.2) is 13.8 Å². The van der Waals surface area contributed by atoms with Gasteiger partial charge in [-0.3, -0.25) is 9.69 Å². The van der Waals surface area contributed by atoms with E-state index in [2.05, 4.69) is 22.1 Å². The number of likely N-dealkylation sites (tertiary alicyclic amines) is 1. The van der Waals surface area contributed by atoms with Crippen molar-refractivity contribution in [1.82, 2.24) is 9.88 Å². The van der Waals surface area contributed by atoms with Crippen LogP contribution in [0.2, 0.25) is 5.02 Å². The van der Waals surface area contributed by atoms with Gasteiger partial charge in [-0.2, -0.15) is 0 Å². The van der Waals surface area contributed by atoms with Crippen molar-refractivity contribution in [3.8, 4) is 0 Å².